The van der Waals surface area contributed by atoms with Crippen LogP contribution in [-0.2, 0) is 6.42 Å². The lowest BCUT2D eigenvalue weighted by atomic mass is 10.0. The molecule has 0 fully saturated rings. The van der Waals surface area contributed by atoms with Gasteiger partial charge in [-0.15, -0.1) is 0 Å². The predicted molar refractivity (Wildman–Crippen MR) is 53.6 cm³/mol. The van der Waals surface area contributed by atoms with Crippen molar-refractivity contribution in [2.75, 3.05) is 0 Å². The van der Waals surface area contributed by atoms with Gasteiger partial charge >= 0.3 is 6.18 Å². The number of hydrogen-bond acceptors (Lipinski definition) is 3. The molecule has 0 bridgehead atoms. The second kappa shape index (κ2) is 4.70. The summed E-state index contributed by atoms with van der Waals surface area (Å²) in [6.45, 7) is 1.60. The molecule has 94 valence electrons. The minimum Gasteiger partial charge on any atom is -0.383 e. The molecule has 0 spiro atoms. The van der Waals surface area contributed by atoms with E-state index in [-0.39, 0.29) is 5.56 Å². The van der Waals surface area contributed by atoms with Gasteiger partial charge in [0.05, 0.1) is 4.92 Å². The highest BCUT2D eigenvalue weighted by molar-refractivity contribution is 5.43. The maximum Gasteiger partial charge on any atom is 0.414 e. The van der Waals surface area contributed by atoms with Crippen molar-refractivity contribution in [2.45, 2.75) is 25.6 Å². The van der Waals surface area contributed by atoms with Gasteiger partial charge in [0.15, 0.2) is 6.10 Å². The number of hydrogen-bond donors (Lipinski definition) is 1. The zero-order valence-electron chi connectivity index (χ0n) is 8.86. The highest BCUT2D eigenvalue weighted by atomic mass is 19.4. The van der Waals surface area contributed by atoms with Crippen LogP contribution in [0.3, 0.4) is 0 Å². The molecule has 4 nitrogen and oxygen atoms in total. The Morgan fingerprint density at radius 3 is 2.53 bits per heavy atom. The molecule has 0 saturated heterocycles. The average Bonchev–Trinajstić information content (AvgIpc) is 2.15. The third-order valence-corrected chi connectivity index (χ3v) is 2.22. The topological polar surface area (TPSA) is 63.4 Å². The van der Waals surface area contributed by atoms with E-state index >= 15 is 0 Å². The van der Waals surface area contributed by atoms with Gasteiger partial charge in [-0.05, 0) is 13.0 Å². The van der Waals surface area contributed by atoms with E-state index in [1.807, 2.05) is 0 Å². The lowest BCUT2D eigenvalue weighted by Crippen LogP contribution is -2.30. The maximum atomic E-state index is 12.1. The molecule has 17 heavy (non-hydrogen) atoms. The summed E-state index contributed by atoms with van der Waals surface area (Å²) in [5.41, 5.74) is 0.0544. The number of aliphatic hydroxyl groups excluding tert-OH is 1. The molecular weight excluding hydrogens is 239 g/mol. The molecule has 1 N–H and O–H groups in total. The van der Waals surface area contributed by atoms with Gasteiger partial charge in [-0.25, -0.2) is 0 Å². The van der Waals surface area contributed by atoms with Crippen LogP contribution in [0.2, 0.25) is 0 Å². The number of nitro benzene ring substituents is 1. The summed E-state index contributed by atoms with van der Waals surface area (Å²) >= 11 is 0. The zero-order valence-corrected chi connectivity index (χ0v) is 8.86. The van der Waals surface area contributed by atoms with Crippen LogP contribution < -0.4 is 0 Å². The van der Waals surface area contributed by atoms with Crippen molar-refractivity contribution < 1.29 is 23.2 Å². The Morgan fingerprint density at radius 1 is 1.47 bits per heavy atom. The number of nitro groups is 1. The number of rotatable bonds is 3. The molecular formula is C10H10F3NO3. The third-order valence-electron chi connectivity index (χ3n) is 2.22. The second-order valence-corrected chi connectivity index (χ2v) is 3.65. The van der Waals surface area contributed by atoms with E-state index in [1.54, 1.807) is 6.92 Å². The fraction of sp³-hybridized carbons (Fsp3) is 0.400. The molecule has 0 aliphatic rings. The Hall–Kier alpha value is -1.63. The molecule has 0 aliphatic carbocycles. The minimum absolute atomic E-state index is 0.125. The van der Waals surface area contributed by atoms with Crippen LogP contribution in [0.1, 0.15) is 11.1 Å². The molecule has 0 amide bonds. The van der Waals surface area contributed by atoms with Crippen LogP contribution in [0.5, 0.6) is 0 Å². The molecule has 1 rings (SSSR count). The van der Waals surface area contributed by atoms with Gasteiger partial charge in [0.25, 0.3) is 5.69 Å². The lowest BCUT2D eigenvalue weighted by molar-refractivity contribution is -0.385. The molecule has 0 saturated carbocycles. The van der Waals surface area contributed by atoms with E-state index < -0.39 is 29.3 Å². The zero-order chi connectivity index (χ0) is 13.2. The van der Waals surface area contributed by atoms with E-state index in [0.717, 1.165) is 6.07 Å². The van der Waals surface area contributed by atoms with Gasteiger partial charge in [0, 0.05) is 18.1 Å². The molecule has 0 aromatic heterocycles. The van der Waals surface area contributed by atoms with Gasteiger partial charge in [-0.1, -0.05) is 11.6 Å². The van der Waals surface area contributed by atoms with Crippen molar-refractivity contribution in [1.82, 2.24) is 0 Å². The Labute approximate surface area is 94.8 Å². The Bertz CT molecular complexity index is 431. The number of halogens is 3. The van der Waals surface area contributed by atoms with E-state index in [1.165, 1.54) is 12.1 Å². The molecule has 0 heterocycles. The quantitative estimate of drug-likeness (QED) is 0.660. The molecule has 1 aromatic carbocycles. The Balaban J connectivity index is 3.04. The fourth-order valence-corrected chi connectivity index (χ4v) is 1.38. The first-order valence-electron chi connectivity index (χ1n) is 4.70. The summed E-state index contributed by atoms with van der Waals surface area (Å²) in [5, 5.41) is 19.5. The van der Waals surface area contributed by atoms with Crippen LogP contribution in [-0.4, -0.2) is 22.3 Å². The number of aryl methyl sites for hydroxylation is 1. The van der Waals surface area contributed by atoms with Gasteiger partial charge in [0.1, 0.15) is 0 Å². The highest BCUT2D eigenvalue weighted by Crippen LogP contribution is 2.27. The van der Waals surface area contributed by atoms with Gasteiger partial charge in [-0.2, -0.15) is 13.2 Å². The summed E-state index contributed by atoms with van der Waals surface area (Å²) < 4.78 is 36.4. The lowest BCUT2D eigenvalue weighted by Gasteiger charge is -2.14. The van der Waals surface area contributed by atoms with Crippen molar-refractivity contribution in [2.24, 2.45) is 0 Å². The largest absolute Gasteiger partial charge is 0.414 e. The monoisotopic (exact) mass is 249 g/mol. The normalized spacial score (nSPS) is 13.5. The first-order chi connectivity index (χ1) is 7.71. The van der Waals surface area contributed by atoms with Crippen molar-refractivity contribution in [1.29, 1.82) is 0 Å². The molecule has 0 aliphatic heterocycles. The van der Waals surface area contributed by atoms with E-state index in [2.05, 4.69) is 0 Å². The van der Waals surface area contributed by atoms with Crippen LogP contribution >= 0.6 is 0 Å². The summed E-state index contributed by atoms with van der Waals surface area (Å²) in [6.07, 6.45) is -8.19. The number of benzene rings is 1. The highest BCUT2D eigenvalue weighted by Gasteiger charge is 2.39. The van der Waals surface area contributed by atoms with Crippen molar-refractivity contribution in [3.05, 3.63) is 39.4 Å². The summed E-state index contributed by atoms with van der Waals surface area (Å²) in [7, 11) is 0. The van der Waals surface area contributed by atoms with E-state index in [0.29, 0.717) is 5.56 Å². The summed E-state index contributed by atoms with van der Waals surface area (Å²) in [4.78, 5) is 9.84. The minimum atomic E-state index is -4.78. The van der Waals surface area contributed by atoms with E-state index in [9.17, 15) is 23.3 Å². The molecule has 1 aromatic rings. The van der Waals surface area contributed by atoms with Crippen LogP contribution in [0, 0.1) is 17.0 Å². The molecule has 1 unspecified atom stereocenters. The predicted octanol–water partition coefficient (Wildman–Crippen LogP) is 2.37. The maximum absolute atomic E-state index is 12.1. The Morgan fingerprint density at radius 2 is 2.06 bits per heavy atom. The van der Waals surface area contributed by atoms with Crippen molar-refractivity contribution in [3.8, 4) is 0 Å². The third kappa shape index (κ3) is 3.42. The van der Waals surface area contributed by atoms with Crippen LogP contribution in [0.25, 0.3) is 0 Å². The number of nitrogens with zero attached hydrogens (tertiary/aromatic N) is 1. The fourth-order valence-electron chi connectivity index (χ4n) is 1.38. The molecule has 7 heteroatoms. The van der Waals surface area contributed by atoms with Crippen molar-refractivity contribution >= 4 is 5.69 Å². The first kappa shape index (κ1) is 13.4. The van der Waals surface area contributed by atoms with Crippen molar-refractivity contribution in [3.63, 3.8) is 0 Å². The van der Waals surface area contributed by atoms with Gasteiger partial charge in [0.2, 0.25) is 0 Å². The standard InChI is InChI=1S/C10H10F3NO3/c1-6-2-3-8(14(16)17)7(4-6)5-9(15)10(11,12)13/h2-4,9,15H,5H2,1H3. The number of alkyl halides is 3. The van der Waals surface area contributed by atoms with E-state index in [4.69, 9.17) is 5.11 Å². The van der Waals surface area contributed by atoms with Gasteiger partial charge < -0.3 is 5.11 Å². The second-order valence-electron chi connectivity index (χ2n) is 3.65. The average molecular weight is 249 g/mol. The summed E-state index contributed by atoms with van der Waals surface area (Å²) in [5.74, 6) is 0. The SMILES string of the molecule is Cc1ccc([N+](=O)[O-])c(CC(O)C(F)(F)F)c1. The molecule has 0 radical (unpaired) electrons. The van der Waals surface area contributed by atoms with Crippen LogP contribution in [0.15, 0.2) is 18.2 Å². The van der Waals surface area contributed by atoms with Gasteiger partial charge in [-0.3, -0.25) is 10.1 Å². The summed E-state index contributed by atoms with van der Waals surface area (Å²) in [6, 6.07) is 3.84. The number of aliphatic hydroxyl groups is 1. The smallest absolute Gasteiger partial charge is 0.383 e. The first-order valence-corrected chi connectivity index (χ1v) is 4.70. The molecule has 1 atom stereocenters. The van der Waals surface area contributed by atoms with Crippen LogP contribution in [0.4, 0.5) is 18.9 Å². The Kier molecular flexibility index (Phi) is 3.72.